The molecule has 0 bridgehead atoms. The van der Waals surface area contributed by atoms with Crippen LogP contribution in [0.2, 0.25) is 0 Å². The van der Waals surface area contributed by atoms with Crippen LogP contribution < -0.4 is 0 Å². The molecule has 2 atom stereocenters. The average molecular weight is 434 g/mol. The minimum atomic E-state index is -1.79. The molecular formula is C20H39N3O5S. The van der Waals surface area contributed by atoms with E-state index in [0.29, 0.717) is 26.4 Å². The molecule has 0 spiro atoms. The number of rotatable bonds is 11. The van der Waals surface area contributed by atoms with Crippen LogP contribution in [0.3, 0.4) is 0 Å². The molecule has 1 N–H and O–H groups in total. The normalized spacial score (nSPS) is 27.1. The van der Waals surface area contributed by atoms with Gasteiger partial charge in [-0.3, -0.25) is 19.0 Å². The van der Waals surface area contributed by atoms with Crippen molar-refractivity contribution in [2.75, 3.05) is 62.2 Å². The highest BCUT2D eigenvalue weighted by Gasteiger charge is 2.49. The molecule has 0 radical (unpaired) electrons. The van der Waals surface area contributed by atoms with Crippen molar-refractivity contribution in [3.8, 4) is 0 Å². The average Bonchev–Trinajstić information content (AvgIpc) is 3.48. The van der Waals surface area contributed by atoms with Crippen molar-refractivity contribution in [1.29, 1.82) is 0 Å². The molecule has 3 fully saturated rings. The van der Waals surface area contributed by atoms with Crippen molar-refractivity contribution < 1.29 is 24.2 Å². The lowest BCUT2D eigenvalue weighted by Crippen LogP contribution is -2.71. The number of hydrogen-bond acceptors (Lipinski definition) is 5. The Labute approximate surface area is 174 Å². The topological polar surface area (TPSA) is 85.9 Å². The molecule has 0 aromatic heterocycles. The second kappa shape index (κ2) is 8.61. The molecule has 3 rings (SSSR count). The molecule has 29 heavy (non-hydrogen) atoms. The molecule has 1 unspecified atom stereocenters. The van der Waals surface area contributed by atoms with E-state index in [-0.39, 0.29) is 18.7 Å². The van der Waals surface area contributed by atoms with Gasteiger partial charge in [0, 0.05) is 6.54 Å². The maximum absolute atomic E-state index is 13.1. The van der Waals surface area contributed by atoms with E-state index in [1.807, 2.05) is 0 Å². The third-order valence-corrected chi connectivity index (χ3v) is 14.9. The first-order valence-corrected chi connectivity index (χ1v) is 14.5. The Hall–Kier alpha value is -1.03. The Morgan fingerprint density at radius 2 is 1.72 bits per heavy atom. The Morgan fingerprint density at radius 3 is 2.21 bits per heavy atom. The number of epoxide rings is 1. The number of imide groups is 1. The van der Waals surface area contributed by atoms with E-state index in [1.165, 1.54) is 38.4 Å². The monoisotopic (exact) mass is 433 g/mol. The highest BCUT2D eigenvalue weighted by molar-refractivity contribution is 8.49. The van der Waals surface area contributed by atoms with Crippen LogP contribution in [-0.2, 0) is 9.47 Å². The van der Waals surface area contributed by atoms with Gasteiger partial charge in [0.1, 0.15) is 0 Å². The standard InChI is InChI=1S/C20H39N3O5S/c1-5-10-29(4,6-2,7-3)11-8-9-21-18(24)22(12-17-15-28-17)20(26)23(19(21)25)16-13-27-14-16/h16-17,19,25,29H,5-15H2,1-4H3/t17-,19?/m1/s1. The molecule has 170 valence electrons. The molecule has 0 aliphatic carbocycles. The van der Waals surface area contributed by atoms with Crippen molar-refractivity contribution in [2.45, 2.75) is 52.1 Å². The van der Waals surface area contributed by atoms with Gasteiger partial charge in [-0.15, -0.1) is 0 Å². The lowest BCUT2D eigenvalue weighted by Gasteiger charge is -2.58. The van der Waals surface area contributed by atoms with Gasteiger partial charge in [-0.25, -0.2) is 14.5 Å². The molecule has 3 aliphatic rings. The van der Waals surface area contributed by atoms with Crippen LogP contribution in [-0.4, -0.2) is 113 Å². The van der Waals surface area contributed by atoms with Gasteiger partial charge in [0.15, 0.2) is 0 Å². The lowest BCUT2D eigenvalue weighted by molar-refractivity contribution is -0.157. The Kier molecular flexibility index (Phi) is 6.72. The van der Waals surface area contributed by atoms with Crippen LogP contribution in [0, 0.1) is 0 Å². The molecule has 4 amide bonds. The van der Waals surface area contributed by atoms with Crippen LogP contribution in [0.4, 0.5) is 9.59 Å². The highest BCUT2D eigenvalue weighted by Crippen LogP contribution is 2.66. The van der Waals surface area contributed by atoms with Crippen molar-refractivity contribution in [2.24, 2.45) is 0 Å². The Morgan fingerprint density at radius 1 is 1.07 bits per heavy atom. The van der Waals surface area contributed by atoms with E-state index in [0.717, 1.165) is 12.2 Å². The zero-order valence-electron chi connectivity index (χ0n) is 18.4. The lowest BCUT2D eigenvalue weighted by atomic mass is 10.2. The van der Waals surface area contributed by atoms with Crippen LogP contribution in [0.5, 0.6) is 0 Å². The molecule has 9 heteroatoms. The maximum atomic E-state index is 13.1. The van der Waals surface area contributed by atoms with Crippen molar-refractivity contribution in [3.63, 3.8) is 0 Å². The highest BCUT2D eigenvalue weighted by atomic mass is 32.3. The number of nitrogens with zero attached hydrogens (tertiary/aromatic N) is 3. The Bertz CT molecular complexity index is 621. The quantitative estimate of drug-likeness (QED) is 0.383. The van der Waals surface area contributed by atoms with E-state index in [4.69, 9.17) is 9.47 Å². The number of thiol groups is 1. The molecule has 3 heterocycles. The van der Waals surface area contributed by atoms with Crippen LogP contribution in [0.1, 0.15) is 33.6 Å². The molecule has 0 aromatic rings. The van der Waals surface area contributed by atoms with Gasteiger partial charge in [-0.2, -0.15) is 0 Å². The van der Waals surface area contributed by atoms with Crippen LogP contribution in [0.15, 0.2) is 0 Å². The molecule has 0 saturated carbocycles. The van der Waals surface area contributed by atoms with Gasteiger partial charge < -0.3 is 14.6 Å². The summed E-state index contributed by atoms with van der Waals surface area (Å²) in [7, 11) is -1.79. The number of urea groups is 2. The van der Waals surface area contributed by atoms with Gasteiger partial charge >= 0.3 is 12.1 Å². The third kappa shape index (κ3) is 4.52. The fourth-order valence-corrected chi connectivity index (χ4v) is 9.06. The minimum Gasteiger partial charge on any atom is -0.377 e. The fourth-order valence-electron chi connectivity index (χ4n) is 4.60. The van der Waals surface area contributed by atoms with E-state index < -0.39 is 27.6 Å². The molecule has 3 saturated heterocycles. The molecule has 0 aromatic carbocycles. The first-order chi connectivity index (χ1) is 13.8. The Balaban J connectivity index is 1.71. The summed E-state index contributed by atoms with van der Waals surface area (Å²) < 4.78 is 10.5. The largest absolute Gasteiger partial charge is 0.377 e. The van der Waals surface area contributed by atoms with E-state index in [1.54, 1.807) is 0 Å². The van der Waals surface area contributed by atoms with Gasteiger partial charge in [-0.05, 0) is 42.1 Å². The van der Waals surface area contributed by atoms with Gasteiger partial charge in [0.2, 0.25) is 6.35 Å². The number of aliphatic hydroxyl groups is 1. The molecule has 8 nitrogen and oxygen atoms in total. The number of hydrogen-bond donors (Lipinski definition) is 2. The first kappa shape index (κ1) is 22.7. The second-order valence-corrected chi connectivity index (χ2v) is 16.7. The van der Waals surface area contributed by atoms with Crippen molar-refractivity contribution >= 4 is 21.2 Å². The summed E-state index contributed by atoms with van der Waals surface area (Å²) in [6.45, 7) is 8.90. The van der Waals surface area contributed by atoms with E-state index in [2.05, 4.69) is 27.0 Å². The second-order valence-electron chi connectivity index (χ2n) is 9.31. The minimum absolute atomic E-state index is 0.0808. The maximum Gasteiger partial charge on any atom is 0.332 e. The van der Waals surface area contributed by atoms with Gasteiger partial charge in [0.25, 0.3) is 0 Å². The number of aliphatic hydroxyl groups excluding tert-OH is 1. The third-order valence-electron chi connectivity index (χ3n) is 7.41. The predicted octanol–water partition coefficient (Wildman–Crippen LogP) is 1.76. The SMILES string of the molecule is CCC[SH](C)(CC)(CC)CCCN1C(=O)N(C[C@@H]2CO2)C(=O)N(C2COC2)C1O. The summed E-state index contributed by atoms with van der Waals surface area (Å²) in [5.41, 5.74) is 0. The first-order valence-electron chi connectivity index (χ1n) is 11.0. The zero-order valence-corrected chi connectivity index (χ0v) is 19.3. The summed E-state index contributed by atoms with van der Waals surface area (Å²) >= 11 is 0. The zero-order chi connectivity index (χ0) is 21.3. The smallest absolute Gasteiger partial charge is 0.332 e. The summed E-state index contributed by atoms with van der Waals surface area (Å²) in [4.78, 5) is 30.0. The van der Waals surface area contributed by atoms with E-state index >= 15 is 0 Å². The fraction of sp³-hybridized carbons (Fsp3) is 0.900. The summed E-state index contributed by atoms with van der Waals surface area (Å²) in [6.07, 6.45) is 3.21. The summed E-state index contributed by atoms with van der Waals surface area (Å²) in [5.74, 6) is 4.79. The van der Waals surface area contributed by atoms with E-state index in [9.17, 15) is 14.7 Å². The van der Waals surface area contributed by atoms with Gasteiger partial charge in [-0.1, -0.05) is 20.8 Å². The number of ether oxygens (including phenoxy) is 2. The molecule has 3 aliphatic heterocycles. The van der Waals surface area contributed by atoms with Crippen molar-refractivity contribution in [3.05, 3.63) is 0 Å². The summed E-state index contributed by atoms with van der Waals surface area (Å²) in [6, 6.07) is -1.03. The number of carbonyl (C=O) groups excluding carboxylic acids is 2. The predicted molar refractivity (Wildman–Crippen MR) is 117 cm³/mol. The van der Waals surface area contributed by atoms with Crippen molar-refractivity contribution in [1.82, 2.24) is 14.7 Å². The van der Waals surface area contributed by atoms with Crippen LogP contribution >= 0.6 is 9.16 Å². The number of carbonyl (C=O) groups is 2. The van der Waals surface area contributed by atoms with Crippen LogP contribution in [0.25, 0.3) is 0 Å². The number of amides is 4. The molecular weight excluding hydrogens is 394 g/mol. The summed E-state index contributed by atoms with van der Waals surface area (Å²) in [5, 5.41) is 10.9. The van der Waals surface area contributed by atoms with Gasteiger partial charge in [0.05, 0.1) is 38.5 Å².